The molecule has 0 aliphatic heterocycles. The van der Waals surface area contributed by atoms with E-state index in [1.54, 1.807) is 13.3 Å². The molecule has 1 aromatic carbocycles. The molecule has 0 N–H and O–H groups in total. The molecule has 5 heteroatoms. The average Bonchev–Trinajstić information content (AvgIpc) is 2.92. The quantitative estimate of drug-likeness (QED) is 0.108. The van der Waals surface area contributed by atoms with Gasteiger partial charge in [0.05, 0.1) is 26.0 Å². The fourth-order valence-corrected chi connectivity index (χ4v) is 4.59. The van der Waals surface area contributed by atoms with Crippen molar-refractivity contribution >= 4 is 0 Å². The van der Waals surface area contributed by atoms with Crippen LogP contribution in [-0.2, 0) is 27.4 Å². The van der Waals surface area contributed by atoms with Gasteiger partial charge in [-0.1, -0.05) is 114 Å². The van der Waals surface area contributed by atoms with Crippen LogP contribution in [-0.4, -0.2) is 38.0 Å². The van der Waals surface area contributed by atoms with Crippen molar-refractivity contribution in [2.75, 3.05) is 26.9 Å². The average molecular weight is 514 g/mol. The number of aromatic nitrogens is 2. The van der Waals surface area contributed by atoms with E-state index in [4.69, 9.17) is 14.2 Å². The number of hydrogen-bond acceptors (Lipinski definition) is 4. The SMILES string of the molecule is CCCCCCCCCCCCCCCCOCC(COCc1cccc(C[n+]2cccnc2)c1)OC. The second-order valence-corrected chi connectivity index (χ2v) is 10.3. The molecule has 37 heavy (non-hydrogen) atoms. The molecule has 0 fully saturated rings. The number of benzene rings is 1. The van der Waals surface area contributed by atoms with E-state index in [1.807, 2.05) is 18.6 Å². The van der Waals surface area contributed by atoms with Crippen LogP contribution in [0.4, 0.5) is 0 Å². The van der Waals surface area contributed by atoms with Crippen molar-refractivity contribution in [2.24, 2.45) is 0 Å². The first-order valence-electron chi connectivity index (χ1n) is 14.9. The summed E-state index contributed by atoms with van der Waals surface area (Å²) < 4.78 is 19.4. The Kier molecular flexibility index (Phi) is 18.8. The number of methoxy groups -OCH3 is 1. The van der Waals surface area contributed by atoms with Crippen LogP contribution in [0, 0.1) is 0 Å². The lowest BCUT2D eigenvalue weighted by molar-refractivity contribution is -0.691. The molecular weight excluding hydrogens is 460 g/mol. The van der Waals surface area contributed by atoms with Gasteiger partial charge in [0.15, 0.2) is 0 Å². The first kappa shape index (κ1) is 31.4. The van der Waals surface area contributed by atoms with Gasteiger partial charge in [0, 0.05) is 19.8 Å². The summed E-state index contributed by atoms with van der Waals surface area (Å²) in [5, 5.41) is 0. The van der Waals surface area contributed by atoms with Gasteiger partial charge >= 0.3 is 0 Å². The lowest BCUT2D eigenvalue weighted by atomic mass is 10.0. The van der Waals surface area contributed by atoms with Gasteiger partial charge < -0.3 is 14.2 Å². The highest BCUT2D eigenvalue weighted by Gasteiger charge is 2.09. The number of nitrogens with zero attached hydrogens (tertiary/aromatic N) is 2. The van der Waals surface area contributed by atoms with Gasteiger partial charge in [-0.2, -0.15) is 0 Å². The first-order chi connectivity index (χ1) is 18.3. The maximum Gasteiger partial charge on any atom is 0.286 e. The summed E-state index contributed by atoms with van der Waals surface area (Å²) >= 11 is 0. The molecule has 5 nitrogen and oxygen atoms in total. The van der Waals surface area contributed by atoms with Gasteiger partial charge in [-0.15, -0.1) is 0 Å². The Morgan fingerprint density at radius 3 is 2.00 bits per heavy atom. The van der Waals surface area contributed by atoms with Gasteiger partial charge in [0.25, 0.3) is 6.33 Å². The summed E-state index contributed by atoms with van der Waals surface area (Å²) in [5.41, 5.74) is 2.40. The van der Waals surface area contributed by atoms with Crippen molar-refractivity contribution in [1.82, 2.24) is 4.98 Å². The van der Waals surface area contributed by atoms with Crippen LogP contribution in [0.3, 0.4) is 0 Å². The van der Waals surface area contributed by atoms with Gasteiger partial charge in [-0.05, 0) is 23.6 Å². The maximum atomic E-state index is 5.93. The van der Waals surface area contributed by atoms with Crippen LogP contribution in [0.25, 0.3) is 0 Å². The van der Waals surface area contributed by atoms with E-state index in [-0.39, 0.29) is 6.10 Å². The Balaban J connectivity index is 1.42. The van der Waals surface area contributed by atoms with Crippen molar-refractivity contribution in [3.05, 3.63) is 60.2 Å². The van der Waals surface area contributed by atoms with E-state index in [9.17, 15) is 0 Å². The Labute approximate surface area is 227 Å². The Morgan fingerprint density at radius 2 is 1.38 bits per heavy atom. The molecule has 1 atom stereocenters. The van der Waals surface area contributed by atoms with Crippen molar-refractivity contribution < 1.29 is 18.8 Å². The van der Waals surface area contributed by atoms with Crippen LogP contribution in [0.2, 0.25) is 0 Å². The van der Waals surface area contributed by atoms with E-state index >= 15 is 0 Å². The molecule has 0 aliphatic carbocycles. The second kappa shape index (κ2) is 22.2. The lowest BCUT2D eigenvalue weighted by Gasteiger charge is -2.16. The Hall–Kier alpha value is -1.82. The molecule has 2 rings (SSSR count). The molecule has 0 spiro atoms. The van der Waals surface area contributed by atoms with Gasteiger partial charge in [-0.25, -0.2) is 4.57 Å². The van der Waals surface area contributed by atoms with Crippen LogP contribution < -0.4 is 4.57 Å². The number of hydrogen-bond donors (Lipinski definition) is 0. The maximum absolute atomic E-state index is 5.93. The highest BCUT2D eigenvalue weighted by molar-refractivity contribution is 5.22. The molecular formula is C32H53N2O3+. The third-order valence-corrected chi connectivity index (χ3v) is 6.87. The summed E-state index contributed by atoms with van der Waals surface area (Å²) in [7, 11) is 1.73. The van der Waals surface area contributed by atoms with Crippen molar-refractivity contribution in [3.8, 4) is 0 Å². The number of rotatable bonds is 24. The zero-order chi connectivity index (χ0) is 26.2. The Morgan fingerprint density at radius 1 is 0.757 bits per heavy atom. The fraction of sp³-hybridized carbons (Fsp3) is 0.688. The molecule has 0 aliphatic rings. The van der Waals surface area contributed by atoms with Crippen LogP contribution in [0.1, 0.15) is 108 Å². The largest absolute Gasteiger partial charge is 0.379 e. The summed E-state index contributed by atoms with van der Waals surface area (Å²) in [6.07, 6.45) is 24.9. The third-order valence-electron chi connectivity index (χ3n) is 6.87. The van der Waals surface area contributed by atoms with Crippen LogP contribution in [0.5, 0.6) is 0 Å². The summed E-state index contributed by atoms with van der Waals surface area (Å²) in [6.45, 7) is 5.60. The molecule has 2 aromatic rings. The summed E-state index contributed by atoms with van der Waals surface area (Å²) in [4.78, 5) is 4.17. The molecule has 0 saturated heterocycles. The monoisotopic (exact) mass is 513 g/mol. The zero-order valence-electron chi connectivity index (χ0n) is 23.8. The molecule has 0 radical (unpaired) electrons. The molecule has 1 heterocycles. The fourth-order valence-electron chi connectivity index (χ4n) is 4.59. The molecule has 208 valence electrons. The van der Waals surface area contributed by atoms with Crippen LogP contribution in [0.15, 0.2) is 49.1 Å². The van der Waals surface area contributed by atoms with Crippen molar-refractivity contribution in [2.45, 2.75) is 116 Å². The highest BCUT2D eigenvalue weighted by Crippen LogP contribution is 2.13. The highest BCUT2D eigenvalue weighted by atomic mass is 16.6. The van der Waals surface area contributed by atoms with Gasteiger partial charge in [-0.3, -0.25) is 0 Å². The molecule has 1 unspecified atom stereocenters. The number of unbranched alkanes of at least 4 members (excludes halogenated alkanes) is 13. The van der Waals surface area contributed by atoms with Crippen LogP contribution >= 0.6 is 0 Å². The molecule has 0 bridgehead atoms. The topological polar surface area (TPSA) is 44.5 Å². The smallest absolute Gasteiger partial charge is 0.286 e. The summed E-state index contributed by atoms with van der Waals surface area (Å²) in [6, 6.07) is 10.4. The van der Waals surface area contributed by atoms with E-state index in [1.165, 1.54) is 94.6 Å². The van der Waals surface area contributed by atoms with Gasteiger partial charge in [0.2, 0.25) is 0 Å². The van der Waals surface area contributed by atoms with Gasteiger partial charge in [0.1, 0.15) is 18.8 Å². The minimum Gasteiger partial charge on any atom is -0.379 e. The second-order valence-electron chi connectivity index (χ2n) is 10.3. The van der Waals surface area contributed by atoms with Crippen molar-refractivity contribution in [3.63, 3.8) is 0 Å². The molecule has 0 saturated carbocycles. The predicted octanol–water partition coefficient (Wildman–Crippen LogP) is 7.45. The lowest BCUT2D eigenvalue weighted by Crippen LogP contribution is -2.33. The summed E-state index contributed by atoms with van der Waals surface area (Å²) in [5.74, 6) is 0. The predicted molar refractivity (Wildman–Crippen MR) is 152 cm³/mol. The van der Waals surface area contributed by atoms with E-state index in [2.05, 4.69) is 40.7 Å². The normalized spacial score (nSPS) is 12.2. The standard InChI is InChI=1S/C32H53N2O3/c1-3-4-5-6-7-8-9-10-11-12-13-14-15-16-23-36-27-32(35-2)28-37-26-31-20-17-19-30(24-31)25-34-22-18-21-33-29-34/h17-22,24,29,32H,3-16,23,25-28H2,1-2H3/q+1. The zero-order valence-corrected chi connectivity index (χ0v) is 23.8. The molecule has 0 amide bonds. The van der Waals surface area contributed by atoms with E-state index in [0.717, 1.165) is 19.6 Å². The van der Waals surface area contributed by atoms with E-state index in [0.29, 0.717) is 19.8 Å². The first-order valence-corrected chi connectivity index (χ1v) is 14.9. The number of ether oxygens (including phenoxy) is 3. The minimum absolute atomic E-state index is 0.0271. The van der Waals surface area contributed by atoms with E-state index < -0.39 is 0 Å². The van der Waals surface area contributed by atoms with Crippen molar-refractivity contribution in [1.29, 1.82) is 0 Å². The molecule has 1 aromatic heterocycles. The third kappa shape index (κ3) is 16.6. The Bertz CT molecular complexity index is 772. The minimum atomic E-state index is -0.0271.